The molecule has 0 aliphatic carbocycles. The van der Waals surface area contributed by atoms with Crippen LogP contribution in [0.1, 0.15) is 41.4 Å². The van der Waals surface area contributed by atoms with Gasteiger partial charge in [0.1, 0.15) is 18.7 Å². The van der Waals surface area contributed by atoms with Gasteiger partial charge in [-0.15, -0.1) is 16.4 Å². The van der Waals surface area contributed by atoms with Gasteiger partial charge in [0.2, 0.25) is 11.9 Å². The van der Waals surface area contributed by atoms with Crippen LogP contribution in [0.25, 0.3) is 5.69 Å². The fourth-order valence-corrected chi connectivity index (χ4v) is 5.21. The Morgan fingerprint density at radius 2 is 1.95 bits per heavy atom. The Labute approximate surface area is 224 Å². The fraction of sp³-hybridized carbons (Fsp3) is 0.400. The second-order valence-corrected chi connectivity index (χ2v) is 9.89. The molecule has 12 nitrogen and oxygen atoms in total. The minimum absolute atomic E-state index is 0.00510. The van der Waals surface area contributed by atoms with Crippen LogP contribution in [0.2, 0.25) is 0 Å². The van der Waals surface area contributed by atoms with Gasteiger partial charge in [0.15, 0.2) is 0 Å². The lowest BCUT2D eigenvalue weighted by atomic mass is 9.98. The van der Waals surface area contributed by atoms with Gasteiger partial charge in [-0.1, -0.05) is 0 Å². The van der Waals surface area contributed by atoms with E-state index in [0.717, 1.165) is 59.6 Å². The number of thiazole rings is 1. The van der Waals surface area contributed by atoms with Crippen LogP contribution in [0.15, 0.2) is 48.4 Å². The number of carbonyl (C=O) groups is 1. The summed E-state index contributed by atoms with van der Waals surface area (Å²) >= 11 is 1.70. The summed E-state index contributed by atoms with van der Waals surface area (Å²) in [6.07, 6.45) is 8.20. The molecule has 13 heteroatoms. The van der Waals surface area contributed by atoms with Crippen LogP contribution in [0, 0.1) is 0 Å². The number of aryl methyl sites for hydroxylation is 1. The number of amides is 1. The van der Waals surface area contributed by atoms with Crippen molar-refractivity contribution in [3.05, 3.63) is 64.6 Å². The number of tetrazole rings is 1. The lowest BCUT2D eigenvalue weighted by molar-refractivity contribution is -0.121. The lowest BCUT2D eigenvalue weighted by Crippen LogP contribution is -2.34. The summed E-state index contributed by atoms with van der Waals surface area (Å²) < 4.78 is 7.52. The van der Waals surface area contributed by atoms with E-state index in [1.807, 2.05) is 36.7 Å². The standard InChI is InChI=1S/C25H30N10O2S/c26-9-10-27-23(36)6-1-18-13-28-25(29-14-18)34-11-7-19(8-12-34)24-31-20(16-38-24)15-37-22-4-2-21(3-5-22)35-17-30-32-33-35/h2-5,13-14,16-17,19H,1,6-12,15,26H2,(H,27,36). The van der Waals surface area contributed by atoms with Gasteiger partial charge in [-0.2, -0.15) is 0 Å². The van der Waals surface area contributed by atoms with E-state index < -0.39 is 0 Å². The van der Waals surface area contributed by atoms with Crippen LogP contribution in [0.3, 0.4) is 0 Å². The maximum Gasteiger partial charge on any atom is 0.225 e. The van der Waals surface area contributed by atoms with Crippen LogP contribution in [0.4, 0.5) is 5.95 Å². The molecule has 4 aromatic rings. The first-order chi connectivity index (χ1) is 18.7. The summed E-state index contributed by atoms with van der Waals surface area (Å²) in [5.41, 5.74) is 8.17. The number of benzene rings is 1. The van der Waals surface area contributed by atoms with Gasteiger partial charge < -0.3 is 20.7 Å². The highest BCUT2D eigenvalue weighted by molar-refractivity contribution is 7.09. The van der Waals surface area contributed by atoms with Crippen molar-refractivity contribution in [2.45, 2.75) is 38.2 Å². The van der Waals surface area contributed by atoms with Gasteiger partial charge >= 0.3 is 0 Å². The normalized spacial score (nSPS) is 14.0. The van der Waals surface area contributed by atoms with Crippen molar-refractivity contribution in [2.24, 2.45) is 5.73 Å². The first-order valence-electron chi connectivity index (χ1n) is 12.6. The Balaban J connectivity index is 1.07. The molecule has 3 N–H and O–H groups in total. The SMILES string of the molecule is NCCNC(=O)CCc1cnc(N2CCC(c3nc(COc4ccc(-n5cnnn5)cc4)cs3)CC2)nc1. The van der Waals surface area contributed by atoms with E-state index in [-0.39, 0.29) is 5.91 Å². The smallest absolute Gasteiger partial charge is 0.225 e. The number of hydrogen-bond acceptors (Lipinski definition) is 11. The molecule has 0 spiro atoms. The van der Waals surface area contributed by atoms with Crippen LogP contribution in [0.5, 0.6) is 5.75 Å². The van der Waals surface area contributed by atoms with Gasteiger partial charge in [-0.25, -0.2) is 19.6 Å². The Morgan fingerprint density at radius 1 is 1.16 bits per heavy atom. The third-order valence-electron chi connectivity index (χ3n) is 6.33. The van der Waals surface area contributed by atoms with Crippen molar-refractivity contribution in [2.75, 3.05) is 31.1 Å². The molecular formula is C25H30N10O2S. The van der Waals surface area contributed by atoms with E-state index in [0.29, 0.717) is 38.5 Å². The number of piperidine rings is 1. The number of carbonyl (C=O) groups excluding carboxylic acids is 1. The molecule has 1 fully saturated rings. The first kappa shape index (κ1) is 25.7. The van der Waals surface area contributed by atoms with Gasteiger partial charge in [0.05, 0.1) is 16.4 Å². The summed E-state index contributed by atoms with van der Waals surface area (Å²) in [5.74, 6) is 1.92. The lowest BCUT2D eigenvalue weighted by Gasteiger charge is -2.31. The Kier molecular flexibility index (Phi) is 8.46. The minimum atomic E-state index is -0.00510. The van der Waals surface area contributed by atoms with Crippen molar-refractivity contribution in [3.63, 3.8) is 0 Å². The number of nitrogens with one attached hydrogen (secondary N) is 1. The molecule has 38 heavy (non-hydrogen) atoms. The van der Waals surface area contributed by atoms with E-state index in [1.54, 1.807) is 22.3 Å². The maximum atomic E-state index is 11.8. The molecule has 198 valence electrons. The van der Waals surface area contributed by atoms with E-state index in [4.69, 9.17) is 15.5 Å². The Morgan fingerprint density at radius 3 is 2.66 bits per heavy atom. The molecule has 0 radical (unpaired) electrons. The third-order valence-corrected chi connectivity index (χ3v) is 7.39. The minimum Gasteiger partial charge on any atom is -0.487 e. The molecule has 1 aliphatic heterocycles. The summed E-state index contributed by atoms with van der Waals surface area (Å²) in [6, 6.07) is 7.61. The first-order valence-corrected chi connectivity index (χ1v) is 13.5. The number of aromatic nitrogens is 7. The van der Waals surface area contributed by atoms with Crippen molar-refractivity contribution in [1.29, 1.82) is 0 Å². The molecule has 0 unspecified atom stereocenters. The number of nitrogens with two attached hydrogens (primary N) is 1. The second-order valence-electron chi connectivity index (χ2n) is 9.01. The molecule has 3 aromatic heterocycles. The topological polar surface area (TPSA) is 150 Å². The van der Waals surface area contributed by atoms with Crippen LogP contribution in [-0.2, 0) is 17.8 Å². The summed E-state index contributed by atoms with van der Waals surface area (Å²) in [4.78, 5) is 27.9. The van der Waals surface area contributed by atoms with E-state index in [1.165, 1.54) is 0 Å². The zero-order valence-corrected chi connectivity index (χ0v) is 21.8. The predicted octanol–water partition coefficient (Wildman–Crippen LogP) is 1.88. The quantitative estimate of drug-likeness (QED) is 0.292. The van der Waals surface area contributed by atoms with E-state index in [2.05, 4.69) is 41.1 Å². The number of nitrogens with zero attached hydrogens (tertiary/aromatic N) is 8. The van der Waals surface area contributed by atoms with Gasteiger partial charge in [-0.3, -0.25) is 4.79 Å². The third kappa shape index (κ3) is 6.66. The van der Waals surface area contributed by atoms with Crippen LogP contribution in [-0.4, -0.2) is 67.2 Å². The van der Waals surface area contributed by atoms with E-state index in [9.17, 15) is 4.79 Å². The molecule has 0 atom stereocenters. The Hall–Kier alpha value is -3.97. The monoisotopic (exact) mass is 534 g/mol. The molecule has 1 aliphatic rings. The molecule has 0 saturated carbocycles. The summed E-state index contributed by atoms with van der Waals surface area (Å²) in [5, 5.41) is 17.2. The highest BCUT2D eigenvalue weighted by Gasteiger charge is 2.24. The van der Waals surface area contributed by atoms with Gasteiger partial charge in [-0.05, 0) is 59.5 Å². The molecule has 1 aromatic carbocycles. The number of anilines is 1. The van der Waals surface area contributed by atoms with Crippen molar-refractivity contribution in [1.82, 2.24) is 40.5 Å². The number of ether oxygens (including phenoxy) is 1. The molecule has 1 saturated heterocycles. The highest BCUT2D eigenvalue weighted by atomic mass is 32.1. The largest absolute Gasteiger partial charge is 0.487 e. The maximum absolute atomic E-state index is 11.8. The summed E-state index contributed by atoms with van der Waals surface area (Å²) in [6.45, 7) is 3.13. The van der Waals surface area contributed by atoms with Crippen LogP contribution >= 0.6 is 11.3 Å². The average Bonchev–Trinajstić information content (AvgIpc) is 3.68. The molecule has 0 bridgehead atoms. The summed E-state index contributed by atoms with van der Waals surface area (Å²) in [7, 11) is 0. The van der Waals surface area contributed by atoms with Crippen molar-refractivity contribution < 1.29 is 9.53 Å². The number of hydrogen-bond donors (Lipinski definition) is 2. The van der Waals surface area contributed by atoms with Crippen molar-refractivity contribution in [3.8, 4) is 11.4 Å². The predicted molar refractivity (Wildman–Crippen MR) is 142 cm³/mol. The molecule has 4 heterocycles. The Bertz CT molecular complexity index is 1290. The zero-order chi connectivity index (χ0) is 26.2. The molecular weight excluding hydrogens is 504 g/mol. The molecule has 5 rings (SSSR count). The van der Waals surface area contributed by atoms with Gasteiger partial charge in [0, 0.05) is 56.3 Å². The highest BCUT2D eigenvalue weighted by Crippen LogP contribution is 2.31. The second kappa shape index (κ2) is 12.5. The number of rotatable bonds is 11. The molecule has 1 amide bonds. The van der Waals surface area contributed by atoms with E-state index >= 15 is 0 Å². The zero-order valence-electron chi connectivity index (χ0n) is 20.9. The fourth-order valence-electron chi connectivity index (χ4n) is 4.23. The van der Waals surface area contributed by atoms with Crippen LogP contribution < -0.4 is 20.7 Å². The van der Waals surface area contributed by atoms with Gasteiger partial charge in [0.25, 0.3) is 0 Å². The average molecular weight is 535 g/mol. The van der Waals surface area contributed by atoms with Crippen molar-refractivity contribution >= 4 is 23.2 Å².